The van der Waals surface area contributed by atoms with E-state index in [4.69, 9.17) is 10.5 Å². The van der Waals surface area contributed by atoms with Gasteiger partial charge in [0.25, 0.3) is 0 Å². The molecule has 0 spiro atoms. The van der Waals surface area contributed by atoms with Gasteiger partial charge in [-0.15, -0.1) is 12.4 Å². The lowest BCUT2D eigenvalue weighted by Crippen LogP contribution is -2.45. The molecule has 2 atom stereocenters. The number of rotatable bonds is 3. The Hall–Kier alpha value is -1.26. The van der Waals surface area contributed by atoms with Crippen LogP contribution in [0.1, 0.15) is 25.3 Å². The van der Waals surface area contributed by atoms with Crippen molar-refractivity contribution >= 4 is 18.5 Å². The molecule has 1 amide bonds. The maximum atomic E-state index is 12.0. The summed E-state index contributed by atoms with van der Waals surface area (Å²) in [6.07, 6.45) is 1.73. The number of benzene rings is 1. The third kappa shape index (κ3) is 4.11. The number of nitrogens with two attached hydrogens (primary N) is 1. The number of halogens is 1. The van der Waals surface area contributed by atoms with Gasteiger partial charge in [-0.2, -0.15) is 0 Å². The van der Waals surface area contributed by atoms with Gasteiger partial charge in [-0.25, -0.2) is 4.79 Å². The molecule has 1 fully saturated rings. The maximum Gasteiger partial charge on any atom is 0.410 e. The lowest BCUT2D eigenvalue weighted by atomic mass is 10.1. The fourth-order valence-corrected chi connectivity index (χ4v) is 2.37. The predicted octanol–water partition coefficient (Wildman–Crippen LogP) is 2.56. The summed E-state index contributed by atoms with van der Waals surface area (Å²) in [5, 5.41) is 0. The molecule has 1 aliphatic heterocycles. The van der Waals surface area contributed by atoms with Crippen LogP contribution in [0.4, 0.5) is 4.79 Å². The van der Waals surface area contributed by atoms with Crippen molar-refractivity contribution in [3.8, 4) is 0 Å². The molecule has 0 aliphatic carbocycles. The molecule has 1 aromatic rings. The second kappa shape index (κ2) is 7.36. The van der Waals surface area contributed by atoms with Crippen molar-refractivity contribution < 1.29 is 9.53 Å². The van der Waals surface area contributed by atoms with Gasteiger partial charge < -0.3 is 15.4 Å². The Morgan fingerprint density at radius 2 is 2.16 bits per heavy atom. The van der Waals surface area contributed by atoms with Crippen molar-refractivity contribution in [3.63, 3.8) is 0 Å². The van der Waals surface area contributed by atoms with E-state index in [1.807, 2.05) is 37.3 Å². The van der Waals surface area contributed by atoms with E-state index in [1.165, 1.54) is 0 Å². The highest BCUT2D eigenvalue weighted by molar-refractivity contribution is 5.85. The van der Waals surface area contributed by atoms with Gasteiger partial charge in [-0.05, 0) is 25.3 Å². The second-order valence-electron chi connectivity index (χ2n) is 4.80. The van der Waals surface area contributed by atoms with Crippen LogP contribution in [0.2, 0.25) is 0 Å². The summed E-state index contributed by atoms with van der Waals surface area (Å²) in [5.41, 5.74) is 6.89. The van der Waals surface area contributed by atoms with Crippen LogP contribution in [-0.2, 0) is 11.3 Å². The Kier molecular flexibility index (Phi) is 6.12. The predicted molar refractivity (Wildman–Crippen MR) is 77.3 cm³/mol. The molecule has 2 N–H and O–H groups in total. The number of hydrogen-bond donors (Lipinski definition) is 1. The first-order chi connectivity index (χ1) is 8.68. The van der Waals surface area contributed by atoms with Crippen LogP contribution in [0.3, 0.4) is 0 Å². The molecule has 1 saturated heterocycles. The number of amides is 1. The Bertz CT molecular complexity index is 398. The number of ether oxygens (including phenoxy) is 1. The zero-order valence-electron chi connectivity index (χ0n) is 11.1. The highest BCUT2D eigenvalue weighted by Crippen LogP contribution is 2.20. The monoisotopic (exact) mass is 284 g/mol. The fourth-order valence-electron chi connectivity index (χ4n) is 2.37. The summed E-state index contributed by atoms with van der Waals surface area (Å²) in [7, 11) is 0. The summed E-state index contributed by atoms with van der Waals surface area (Å²) in [5.74, 6) is 0. The van der Waals surface area contributed by atoms with Crippen molar-refractivity contribution in [1.82, 2.24) is 4.90 Å². The van der Waals surface area contributed by atoms with Gasteiger partial charge >= 0.3 is 6.09 Å². The van der Waals surface area contributed by atoms with E-state index in [2.05, 4.69) is 0 Å². The van der Waals surface area contributed by atoms with Crippen molar-refractivity contribution in [3.05, 3.63) is 35.9 Å². The number of hydrogen-bond acceptors (Lipinski definition) is 3. The average molecular weight is 285 g/mol. The van der Waals surface area contributed by atoms with Crippen LogP contribution in [0.15, 0.2) is 30.3 Å². The SMILES string of the molecule is C[C@H](N)[C@H]1CCCN1C(=O)OCc1ccccc1.Cl. The molecule has 0 bridgehead atoms. The highest BCUT2D eigenvalue weighted by Gasteiger charge is 2.32. The van der Waals surface area contributed by atoms with Crippen LogP contribution in [0.25, 0.3) is 0 Å². The van der Waals surface area contributed by atoms with Gasteiger partial charge in [0.2, 0.25) is 0 Å². The normalized spacial score (nSPS) is 19.7. The smallest absolute Gasteiger partial charge is 0.410 e. The number of carbonyl (C=O) groups is 1. The van der Waals surface area contributed by atoms with Crippen LogP contribution < -0.4 is 5.73 Å². The molecule has 5 heteroatoms. The van der Waals surface area contributed by atoms with E-state index in [0.717, 1.165) is 24.9 Å². The van der Waals surface area contributed by atoms with Crippen LogP contribution in [-0.4, -0.2) is 29.6 Å². The number of nitrogens with zero attached hydrogens (tertiary/aromatic N) is 1. The average Bonchev–Trinajstić information content (AvgIpc) is 2.86. The van der Waals surface area contributed by atoms with E-state index in [0.29, 0.717) is 6.61 Å². The largest absolute Gasteiger partial charge is 0.445 e. The lowest BCUT2D eigenvalue weighted by Gasteiger charge is -2.26. The van der Waals surface area contributed by atoms with Gasteiger partial charge in [0, 0.05) is 18.6 Å². The molecular weight excluding hydrogens is 264 g/mol. The minimum Gasteiger partial charge on any atom is -0.445 e. The lowest BCUT2D eigenvalue weighted by molar-refractivity contribution is 0.0890. The Morgan fingerprint density at radius 3 is 2.79 bits per heavy atom. The summed E-state index contributed by atoms with van der Waals surface area (Å²) in [6, 6.07) is 9.82. The molecule has 1 aliphatic rings. The van der Waals surface area contributed by atoms with Crippen molar-refractivity contribution in [2.75, 3.05) is 6.54 Å². The van der Waals surface area contributed by atoms with Crippen molar-refractivity contribution in [2.45, 2.75) is 38.5 Å². The Labute approximate surface area is 120 Å². The maximum absolute atomic E-state index is 12.0. The second-order valence-corrected chi connectivity index (χ2v) is 4.80. The topological polar surface area (TPSA) is 55.6 Å². The van der Waals surface area contributed by atoms with Gasteiger partial charge in [0.1, 0.15) is 6.61 Å². The van der Waals surface area contributed by atoms with Crippen molar-refractivity contribution in [1.29, 1.82) is 0 Å². The van der Waals surface area contributed by atoms with E-state index in [9.17, 15) is 4.79 Å². The van der Waals surface area contributed by atoms with E-state index < -0.39 is 0 Å². The molecule has 1 heterocycles. The highest BCUT2D eigenvalue weighted by atomic mass is 35.5. The Morgan fingerprint density at radius 1 is 1.47 bits per heavy atom. The van der Waals surface area contributed by atoms with Gasteiger partial charge in [-0.1, -0.05) is 30.3 Å². The fraction of sp³-hybridized carbons (Fsp3) is 0.500. The van der Waals surface area contributed by atoms with Crippen molar-refractivity contribution in [2.24, 2.45) is 5.73 Å². The molecule has 2 rings (SSSR count). The van der Waals surface area contributed by atoms with Gasteiger partial charge in [0.05, 0.1) is 0 Å². The number of likely N-dealkylation sites (tertiary alicyclic amines) is 1. The molecule has 0 radical (unpaired) electrons. The van der Waals surface area contributed by atoms with Crippen LogP contribution in [0.5, 0.6) is 0 Å². The molecule has 1 aromatic carbocycles. The van der Waals surface area contributed by atoms with E-state index in [-0.39, 0.29) is 30.6 Å². The molecule has 106 valence electrons. The summed E-state index contributed by atoms with van der Waals surface area (Å²) >= 11 is 0. The first-order valence-electron chi connectivity index (χ1n) is 6.41. The van der Waals surface area contributed by atoms with E-state index >= 15 is 0 Å². The Balaban J connectivity index is 0.00000180. The van der Waals surface area contributed by atoms with Gasteiger partial charge in [-0.3, -0.25) is 0 Å². The summed E-state index contributed by atoms with van der Waals surface area (Å²) < 4.78 is 5.32. The van der Waals surface area contributed by atoms with Crippen LogP contribution >= 0.6 is 12.4 Å². The first-order valence-corrected chi connectivity index (χ1v) is 6.41. The molecular formula is C14H21ClN2O2. The minimum absolute atomic E-state index is 0. The van der Waals surface area contributed by atoms with Gasteiger partial charge in [0.15, 0.2) is 0 Å². The molecule has 0 saturated carbocycles. The first kappa shape index (κ1) is 15.8. The quantitative estimate of drug-likeness (QED) is 0.928. The molecule has 4 nitrogen and oxygen atoms in total. The number of carbonyl (C=O) groups excluding carboxylic acids is 1. The summed E-state index contributed by atoms with van der Waals surface area (Å²) in [4.78, 5) is 13.7. The molecule has 0 aromatic heterocycles. The third-order valence-corrected chi connectivity index (χ3v) is 3.35. The third-order valence-electron chi connectivity index (χ3n) is 3.35. The molecule has 0 unspecified atom stereocenters. The molecule has 19 heavy (non-hydrogen) atoms. The minimum atomic E-state index is -0.251. The van der Waals surface area contributed by atoms with Crippen LogP contribution in [0, 0.1) is 0 Å². The summed E-state index contributed by atoms with van der Waals surface area (Å²) in [6.45, 7) is 3.01. The zero-order valence-corrected chi connectivity index (χ0v) is 11.9. The standard InChI is InChI=1S/C14H20N2O2.ClH/c1-11(15)13-8-5-9-16(13)14(17)18-10-12-6-3-2-4-7-12;/h2-4,6-7,11,13H,5,8-10,15H2,1H3;1H/t11-,13+;/m0./s1. The van der Waals surface area contributed by atoms with E-state index in [1.54, 1.807) is 4.90 Å². The zero-order chi connectivity index (χ0) is 13.0.